The molecule has 0 unspecified atom stereocenters. The smallest absolute Gasteiger partial charge is 0.303 e. The molecule has 0 aliphatic carbocycles. The molecular formula is C10H24O4Si2. The fourth-order valence-electron chi connectivity index (χ4n) is 1.76. The quantitative estimate of drug-likeness (QED) is 0.660. The SMILES string of the molecule is C[Si](C)(CCCO)O[Si](C)(C)CCC(=O)O. The number of carboxylic acid groups (broad SMARTS) is 1. The van der Waals surface area contributed by atoms with Gasteiger partial charge in [0, 0.05) is 13.0 Å². The molecule has 0 saturated heterocycles. The highest BCUT2D eigenvalue weighted by Gasteiger charge is 2.32. The Balaban J connectivity index is 4.16. The van der Waals surface area contributed by atoms with Gasteiger partial charge in [-0.05, 0) is 44.7 Å². The van der Waals surface area contributed by atoms with E-state index in [2.05, 4.69) is 26.2 Å². The summed E-state index contributed by atoms with van der Waals surface area (Å²) in [6.07, 6.45) is 0.979. The normalized spacial score (nSPS) is 12.8. The molecule has 6 heteroatoms. The Bertz CT molecular complexity index is 229. The number of carbonyl (C=O) groups is 1. The topological polar surface area (TPSA) is 66.8 Å². The van der Waals surface area contributed by atoms with Gasteiger partial charge in [-0.15, -0.1) is 0 Å². The fourth-order valence-corrected chi connectivity index (χ4v) is 10.4. The first-order valence-corrected chi connectivity index (χ1v) is 11.9. The first kappa shape index (κ1) is 15.8. The van der Waals surface area contributed by atoms with Crippen LogP contribution in [0, 0.1) is 0 Å². The molecule has 4 nitrogen and oxygen atoms in total. The molecule has 0 amide bonds. The average Bonchev–Trinajstić information content (AvgIpc) is 2.10. The van der Waals surface area contributed by atoms with Gasteiger partial charge in [0.25, 0.3) is 0 Å². The lowest BCUT2D eigenvalue weighted by molar-refractivity contribution is -0.136. The summed E-state index contributed by atoms with van der Waals surface area (Å²) in [5.41, 5.74) is 0. The summed E-state index contributed by atoms with van der Waals surface area (Å²) < 4.78 is 6.18. The van der Waals surface area contributed by atoms with Crippen LogP contribution in [0.15, 0.2) is 0 Å². The zero-order valence-electron chi connectivity index (χ0n) is 10.7. The molecule has 0 aliphatic rings. The third-order valence-electron chi connectivity index (χ3n) is 2.43. The van der Waals surface area contributed by atoms with Gasteiger partial charge in [-0.1, -0.05) is 0 Å². The van der Waals surface area contributed by atoms with Gasteiger partial charge in [0.1, 0.15) is 0 Å². The van der Waals surface area contributed by atoms with Gasteiger partial charge in [-0.3, -0.25) is 4.79 Å². The van der Waals surface area contributed by atoms with E-state index in [1.165, 1.54) is 0 Å². The van der Waals surface area contributed by atoms with Crippen LogP contribution in [0.25, 0.3) is 0 Å². The molecule has 0 saturated carbocycles. The van der Waals surface area contributed by atoms with Gasteiger partial charge in [0.15, 0.2) is 16.6 Å². The number of carboxylic acids is 1. The van der Waals surface area contributed by atoms with E-state index >= 15 is 0 Å². The molecule has 0 rings (SSSR count). The molecule has 0 aromatic rings. The number of aliphatic carboxylic acids is 1. The maximum absolute atomic E-state index is 10.5. The van der Waals surface area contributed by atoms with E-state index in [1.54, 1.807) is 0 Å². The summed E-state index contributed by atoms with van der Waals surface area (Å²) in [6, 6.07) is 1.60. The number of rotatable bonds is 8. The second-order valence-corrected chi connectivity index (χ2v) is 14.2. The summed E-state index contributed by atoms with van der Waals surface area (Å²) in [5, 5.41) is 17.5. The van der Waals surface area contributed by atoms with Gasteiger partial charge in [-0.25, -0.2) is 0 Å². The Kier molecular flexibility index (Phi) is 6.46. The van der Waals surface area contributed by atoms with E-state index in [0.717, 1.165) is 12.5 Å². The van der Waals surface area contributed by atoms with E-state index in [9.17, 15) is 4.79 Å². The molecule has 0 bridgehead atoms. The number of hydrogen-bond acceptors (Lipinski definition) is 3. The van der Waals surface area contributed by atoms with Crippen LogP contribution in [0.3, 0.4) is 0 Å². The summed E-state index contributed by atoms with van der Waals surface area (Å²) in [4.78, 5) is 10.5. The standard InChI is InChI=1S/C10H24O4Si2/c1-15(2,8-5-7-11)14-16(3,4)9-6-10(12)13/h11H,5-9H2,1-4H3,(H,12,13). The van der Waals surface area contributed by atoms with E-state index < -0.39 is 22.6 Å². The first-order valence-electron chi connectivity index (χ1n) is 5.71. The molecule has 0 radical (unpaired) electrons. The molecule has 0 aliphatic heterocycles. The summed E-state index contributed by atoms with van der Waals surface area (Å²) in [7, 11) is -3.58. The Morgan fingerprint density at radius 3 is 2.06 bits per heavy atom. The molecule has 0 spiro atoms. The van der Waals surface area contributed by atoms with Crippen molar-refractivity contribution in [1.29, 1.82) is 0 Å². The van der Waals surface area contributed by atoms with Crippen molar-refractivity contribution >= 4 is 22.6 Å². The van der Waals surface area contributed by atoms with Crippen molar-refractivity contribution in [3.8, 4) is 0 Å². The van der Waals surface area contributed by atoms with Crippen molar-refractivity contribution in [1.82, 2.24) is 0 Å². The van der Waals surface area contributed by atoms with Crippen LogP contribution in [0.2, 0.25) is 38.3 Å². The maximum Gasteiger partial charge on any atom is 0.303 e. The third kappa shape index (κ3) is 8.03. The van der Waals surface area contributed by atoms with E-state index in [-0.39, 0.29) is 13.0 Å². The van der Waals surface area contributed by atoms with Gasteiger partial charge < -0.3 is 14.3 Å². The molecule has 16 heavy (non-hydrogen) atoms. The predicted octanol–water partition coefficient (Wildman–Crippen LogP) is 2.27. The second-order valence-electron chi connectivity index (χ2n) is 5.34. The van der Waals surface area contributed by atoms with Crippen LogP contribution in [-0.2, 0) is 8.91 Å². The second kappa shape index (κ2) is 6.53. The van der Waals surface area contributed by atoms with E-state index in [4.69, 9.17) is 14.3 Å². The molecule has 96 valence electrons. The van der Waals surface area contributed by atoms with E-state index in [1.807, 2.05) is 0 Å². The lowest BCUT2D eigenvalue weighted by Crippen LogP contribution is -2.44. The Morgan fingerprint density at radius 2 is 1.62 bits per heavy atom. The van der Waals surface area contributed by atoms with Gasteiger partial charge in [-0.2, -0.15) is 0 Å². The third-order valence-corrected chi connectivity index (χ3v) is 9.86. The van der Waals surface area contributed by atoms with Crippen molar-refractivity contribution in [2.24, 2.45) is 0 Å². The monoisotopic (exact) mass is 264 g/mol. The molecule has 0 aromatic carbocycles. The fraction of sp³-hybridized carbons (Fsp3) is 0.900. The Labute approximate surface area is 99.9 Å². The van der Waals surface area contributed by atoms with Crippen LogP contribution in [0.4, 0.5) is 0 Å². The summed E-state index contributed by atoms with van der Waals surface area (Å²) in [5.74, 6) is -0.751. The van der Waals surface area contributed by atoms with Gasteiger partial charge in [0.05, 0.1) is 0 Å². The number of aliphatic hydroxyl groups excluding tert-OH is 1. The minimum atomic E-state index is -1.85. The van der Waals surface area contributed by atoms with Crippen molar-refractivity contribution in [3.63, 3.8) is 0 Å². The minimum absolute atomic E-state index is 0.198. The molecule has 0 fully saturated rings. The summed E-state index contributed by atoms with van der Waals surface area (Å²) in [6.45, 7) is 8.63. The van der Waals surface area contributed by atoms with Crippen LogP contribution in [0.1, 0.15) is 12.8 Å². The summed E-state index contributed by atoms with van der Waals surface area (Å²) >= 11 is 0. The molecule has 0 heterocycles. The van der Waals surface area contributed by atoms with Crippen molar-refractivity contribution in [3.05, 3.63) is 0 Å². The highest BCUT2D eigenvalue weighted by molar-refractivity contribution is 6.84. The molecular weight excluding hydrogens is 240 g/mol. The number of aliphatic hydroxyl groups is 1. The van der Waals surface area contributed by atoms with Gasteiger partial charge >= 0.3 is 5.97 Å². The highest BCUT2D eigenvalue weighted by Crippen LogP contribution is 2.23. The predicted molar refractivity (Wildman–Crippen MR) is 69.6 cm³/mol. The lowest BCUT2D eigenvalue weighted by Gasteiger charge is -2.33. The van der Waals surface area contributed by atoms with Crippen LogP contribution in [0.5, 0.6) is 0 Å². The number of hydrogen-bond donors (Lipinski definition) is 2. The Hall–Kier alpha value is -0.176. The lowest BCUT2D eigenvalue weighted by atomic mass is 10.5. The van der Waals surface area contributed by atoms with Crippen molar-refractivity contribution in [2.45, 2.75) is 51.1 Å². The Morgan fingerprint density at radius 1 is 1.12 bits per heavy atom. The zero-order valence-corrected chi connectivity index (χ0v) is 12.7. The molecule has 0 atom stereocenters. The zero-order chi connectivity index (χ0) is 12.8. The molecule has 2 N–H and O–H groups in total. The van der Waals surface area contributed by atoms with Crippen molar-refractivity contribution in [2.75, 3.05) is 6.61 Å². The van der Waals surface area contributed by atoms with Crippen LogP contribution >= 0.6 is 0 Å². The largest absolute Gasteiger partial charge is 0.481 e. The van der Waals surface area contributed by atoms with Crippen LogP contribution in [-0.4, -0.2) is 39.4 Å². The maximum atomic E-state index is 10.5. The first-order chi connectivity index (χ1) is 7.18. The highest BCUT2D eigenvalue weighted by atomic mass is 28.4. The average molecular weight is 264 g/mol. The van der Waals surface area contributed by atoms with Gasteiger partial charge in [0.2, 0.25) is 0 Å². The molecule has 0 aromatic heterocycles. The minimum Gasteiger partial charge on any atom is -0.481 e. The van der Waals surface area contributed by atoms with Crippen LogP contribution < -0.4 is 0 Å². The van der Waals surface area contributed by atoms with E-state index in [0.29, 0.717) is 6.04 Å². The van der Waals surface area contributed by atoms with Crippen molar-refractivity contribution < 1.29 is 19.1 Å².